The second-order valence-electron chi connectivity index (χ2n) is 7.77. The summed E-state index contributed by atoms with van der Waals surface area (Å²) in [6.45, 7) is 3.01. The lowest BCUT2D eigenvalue weighted by atomic mass is 9.93. The molecule has 0 N–H and O–H groups in total. The zero-order valence-corrected chi connectivity index (χ0v) is 16.8. The summed E-state index contributed by atoms with van der Waals surface area (Å²) in [6, 6.07) is 14.8. The van der Waals surface area contributed by atoms with Gasteiger partial charge in [-0.25, -0.2) is 4.39 Å². The second-order valence-corrected chi connectivity index (χ2v) is 7.77. The highest BCUT2D eigenvalue weighted by molar-refractivity contribution is 6.00. The van der Waals surface area contributed by atoms with E-state index in [1.807, 2.05) is 41.3 Å². The minimum atomic E-state index is -0.838. The summed E-state index contributed by atoms with van der Waals surface area (Å²) in [5, 5.41) is 0. The van der Waals surface area contributed by atoms with Gasteiger partial charge in [0.2, 0.25) is 0 Å². The van der Waals surface area contributed by atoms with Crippen molar-refractivity contribution in [2.24, 2.45) is 0 Å². The van der Waals surface area contributed by atoms with Gasteiger partial charge in [-0.2, -0.15) is 0 Å². The van der Waals surface area contributed by atoms with E-state index in [1.165, 1.54) is 13.2 Å². The largest absolute Gasteiger partial charge is 0.494 e. The first-order valence-corrected chi connectivity index (χ1v) is 10.2. The summed E-state index contributed by atoms with van der Waals surface area (Å²) < 4.78 is 25.2. The SMILES string of the molecule is COc1ccc(CN2CCOC3(CCCCN(c4ccccc4)C3=O)C2)cc1F. The van der Waals surface area contributed by atoms with Crippen molar-refractivity contribution in [3.8, 4) is 5.75 Å². The number of methoxy groups -OCH3 is 1. The fourth-order valence-corrected chi connectivity index (χ4v) is 4.33. The van der Waals surface area contributed by atoms with Gasteiger partial charge in [0.1, 0.15) is 0 Å². The van der Waals surface area contributed by atoms with Gasteiger partial charge in [0.15, 0.2) is 17.2 Å². The van der Waals surface area contributed by atoms with E-state index in [2.05, 4.69) is 4.90 Å². The van der Waals surface area contributed by atoms with E-state index in [9.17, 15) is 9.18 Å². The predicted octanol–water partition coefficient (Wildman–Crippen LogP) is 3.62. The quantitative estimate of drug-likeness (QED) is 0.789. The first-order chi connectivity index (χ1) is 14.1. The van der Waals surface area contributed by atoms with Crippen LogP contribution >= 0.6 is 0 Å². The Labute approximate surface area is 171 Å². The van der Waals surface area contributed by atoms with Crippen LogP contribution in [-0.4, -0.2) is 49.8 Å². The minimum Gasteiger partial charge on any atom is -0.494 e. The third-order valence-electron chi connectivity index (χ3n) is 5.80. The van der Waals surface area contributed by atoms with Crippen LogP contribution in [0.15, 0.2) is 48.5 Å². The van der Waals surface area contributed by atoms with Crippen molar-refractivity contribution >= 4 is 11.6 Å². The highest BCUT2D eigenvalue weighted by Crippen LogP contribution is 2.33. The standard InChI is InChI=1S/C23H27FN2O3/c1-28-21-10-9-18(15-20(21)24)16-25-13-14-29-23(17-25)11-5-6-12-26(22(23)27)19-7-3-2-4-8-19/h2-4,7-10,15H,5-6,11-14,16-17H2,1H3. The highest BCUT2D eigenvalue weighted by Gasteiger charge is 2.47. The number of amides is 1. The second kappa shape index (κ2) is 8.51. The normalized spacial score (nSPS) is 23.2. The van der Waals surface area contributed by atoms with Crippen molar-refractivity contribution in [3.63, 3.8) is 0 Å². The first kappa shape index (κ1) is 19.9. The number of carbonyl (C=O) groups is 1. The zero-order chi connectivity index (χ0) is 20.3. The van der Waals surface area contributed by atoms with Crippen LogP contribution in [-0.2, 0) is 16.1 Å². The van der Waals surface area contributed by atoms with Crippen LogP contribution in [0.2, 0.25) is 0 Å². The molecule has 1 atom stereocenters. The average Bonchev–Trinajstić information content (AvgIpc) is 2.88. The molecule has 29 heavy (non-hydrogen) atoms. The molecule has 2 aliphatic heterocycles. The molecule has 2 aromatic rings. The molecule has 0 aliphatic carbocycles. The molecule has 0 saturated carbocycles. The Hall–Kier alpha value is -2.44. The van der Waals surface area contributed by atoms with E-state index in [4.69, 9.17) is 9.47 Å². The molecule has 0 bridgehead atoms. The molecule has 2 aliphatic rings. The predicted molar refractivity (Wildman–Crippen MR) is 110 cm³/mol. The van der Waals surface area contributed by atoms with Crippen molar-refractivity contribution < 1.29 is 18.7 Å². The van der Waals surface area contributed by atoms with E-state index >= 15 is 0 Å². The van der Waals surface area contributed by atoms with Gasteiger partial charge in [-0.15, -0.1) is 0 Å². The van der Waals surface area contributed by atoms with E-state index in [0.717, 1.165) is 24.1 Å². The Bertz CT molecular complexity index is 860. The van der Waals surface area contributed by atoms with Gasteiger partial charge in [0.25, 0.3) is 5.91 Å². The first-order valence-electron chi connectivity index (χ1n) is 10.2. The monoisotopic (exact) mass is 398 g/mol. The van der Waals surface area contributed by atoms with E-state index in [0.29, 0.717) is 39.2 Å². The van der Waals surface area contributed by atoms with Crippen molar-refractivity contribution in [2.75, 3.05) is 38.3 Å². The van der Waals surface area contributed by atoms with Crippen LogP contribution in [0.25, 0.3) is 0 Å². The lowest BCUT2D eigenvalue weighted by Crippen LogP contribution is -2.59. The van der Waals surface area contributed by atoms with Gasteiger partial charge in [0, 0.05) is 31.9 Å². The van der Waals surface area contributed by atoms with Crippen LogP contribution in [0.1, 0.15) is 24.8 Å². The number of anilines is 1. The maximum Gasteiger partial charge on any atom is 0.260 e. The highest BCUT2D eigenvalue weighted by atomic mass is 19.1. The number of hydrogen-bond acceptors (Lipinski definition) is 4. The number of halogens is 1. The number of nitrogens with zero attached hydrogens (tertiary/aromatic N) is 2. The van der Waals surface area contributed by atoms with Gasteiger partial charge in [-0.3, -0.25) is 9.69 Å². The van der Waals surface area contributed by atoms with E-state index in [1.54, 1.807) is 6.07 Å². The molecular formula is C23H27FN2O3. The summed E-state index contributed by atoms with van der Waals surface area (Å²) in [4.78, 5) is 17.6. The fraction of sp³-hybridized carbons (Fsp3) is 0.435. The maximum atomic E-state index is 14.1. The Morgan fingerprint density at radius 2 is 1.97 bits per heavy atom. The topological polar surface area (TPSA) is 42.0 Å². The molecule has 1 amide bonds. The molecule has 2 aromatic carbocycles. The van der Waals surface area contributed by atoms with Crippen LogP contribution in [0, 0.1) is 5.82 Å². The molecule has 154 valence electrons. The molecule has 2 fully saturated rings. The molecule has 2 saturated heterocycles. The number of benzene rings is 2. The smallest absolute Gasteiger partial charge is 0.260 e. The van der Waals surface area contributed by atoms with Crippen LogP contribution in [0.5, 0.6) is 5.75 Å². The van der Waals surface area contributed by atoms with Gasteiger partial charge in [0.05, 0.1) is 13.7 Å². The molecule has 1 unspecified atom stereocenters. The summed E-state index contributed by atoms with van der Waals surface area (Å²) >= 11 is 0. The van der Waals surface area contributed by atoms with Crippen LogP contribution < -0.4 is 9.64 Å². The molecule has 0 radical (unpaired) electrons. The van der Waals surface area contributed by atoms with Gasteiger partial charge in [-0.05, 0) is 49.1 Å². The summed E-state index contributed by atoms with van der Waals surface area (Å²) in [6.07, 6.45) is 2.61. The Morgan fingerprint density at radius 1 is 1.14 bits per heavy atom. The number of carbonyl (C=O) groups excluding carboxylic acids is 1. The summed E-state index contributed by atoms with van der Waals surface area (Å²) in [7, 11) is 1.46. The van der Waals surface area contributed by atoms with E-state index < -0.39 is 5.60 Å². The lowest BCUT2D eigenvalue weighted by molar-refractivity contribution is -0.158. The van der Waals surface area contributed by atoms with Crippen LogP contribution in [0.3, 0.4) is 0 Å². The Morgan fingerprint density at radius 3 is 2.72 bits per heavy atom. The molecule has 2 heterocycles. The molecular weight excluding hydrogens is 371 g/mol. The number of para-hydroxylation sites is 1. The number of hydrogen-bond donors (Lipinski definition) is 0. The third-order valence-corrected chi connectivity index (χ3v) is 5.80. The van der Waals surface area contributed by atoms with Gasteiger partial charge >= 0.3 is 0 Å². The number of rotatable bonds is 4. The third kappa shape index (κ3) is 4.14. The lowest BCUT2D eigenvalue weighted by Gasteiger charge is -2.42. The summed E-state index contributed by atoms with van der Waals surface area (Å²) in [5.41, 5.74) is 0.938. The van der Waals surface area contributed by atoms with Gasteiger partial charge < -0.3 is 14.4 Å². The van der Waals surface area contributed by atoms with Crippen molar-refractivity contribution in [1.82, 2.24) is 4.90 Å². The minimum absolute atomic E-state index is 0.0341. The average molecular weight is 398 g/mol. The van der Waals surface area contributed by atoms with Gasteiger partial charge in [-0.1, -0.05) is 24.3 Å². The molecule has 0 aromatic heterocycles. The molecule has 4 rings (SSSR count). The Balaban J connectivity index is 1.53. The molecule has 1 spiro atoms. The van der Waals surface area contributed by atoms with E-state index in [-0.39, 0.29) is 17.5 Å². The van der Waals surface area contributed by atoms with Crippen molar-refractivity contribution in [3.05, 3.63) is 59.9 Å². The maximum absolute atomic E-state index is 14.1. The number of morpholine rings is 1. The van der Waals surface area contributed by atoms with Crippen molar-refractivity contribution in [2.45, 2.75) is 31.4 Å². The zero-order valence-electron chi connectivity index (χ0n) is 16.8. The van der Waals surface area contributed by atoms with Crippen LogP contribution in [0.4, 0.5) is 10.1 Å². The summed E-state index contributed by atoms with van der Waals surface area (Å²) in [5.74, 6) is -0.0924. The Kier molecular flexibility index (Phi) is 5.83. The fourth-order valence-electron chi connectivity index (χ4n) is 4.33. The van der Waals surface area contributed by atoms with Crippen molar-refractivity contribution in [1.29, 1.82) is 0 Å². The molecule has 6 heteroatoms. The number of ether oxygens (including phenoxy) is 2. The molecule has 5 nitrogen and oxygen atoms in total.